The van der Waals surface area contributed by atoms with Gasteiger partial charge in [0.25, 0.3) is 0 Å². The largest absolute Gasteiger partial charge is 0.143 e. The number of hydrogen-bond acceptors (Lipinski definition) is 10. The highest BCUT2D eigenvalue weighted by atomic mass is 32.1. The zero-order chi connectivity index (χ0) is 88.5. The molecule has 10 aromatic heterocycles. The molecule has 0 radical (unpaired) electrons. The summed E-state index contributed by atoms with van der Waals surface area (Å²) >= 11 is 20.7. The molecule has 0 unspecified atom stereocenters. The fourth-order valence-corrected chi connectivity index (χ4v) is 32.2. The molecule has 0 atom stereocenters. The van der Waals surface area contributed by atoms with Gasteiger partial charge in [0.05, 0.1) is 0 Å². The number of rotatable bonds is 58. The molecule has 10 heterocycles. The summed E-state index contributed by atoms with van der Waals surface area (Å²) in [6.07, 6.45) is 83.7. The molecule has 15 aromatic rings. The fourth-order valence-electron chi connectivity index (χ4n) is 20.8. The SMILES string of the molecule is CCCCCCc1c(CCCCCC)c2sc(/C=C/c3cc4c(s3)c(CCCCCC)c(CCCCCC)c3sc(/C=C/c5cc6c(s5)c(CCCCCC)c(CCCCCC)c5sc(/C=C/c7cc8c(s7)c(CCCCCC)c(CCCCCC)c7sc(/C=C/c9cc%10c(s9)c(CCCCCC)c(CCCCCC)c9sccc9%10)cc78)cc56)cc34)cc2c2ccsc12. The lowest BCUT2D eigenvalue weighted by molar-refractivity contribution is 0.654. The number of benzene rings is 5. The van der Waals surface area contributed by atoms with Crippen LogP contribution in [0.15, 0.2) is 71.4 Å². The number of aryl methyl sites for hydroxylation is 10. The van der Waals surface area contributed by atoms with E-state index in [1.807, 2.05) is 22.7 Å². The fraction of sp³-hybridized carbons (Fsp3) is 0.508. The third-order valence-electron chi connectivity index (χ3n) is 27.8. The summed E-state index contributed by atoms with van der Waals surface area (Å²) in [4.78, 5) is 11.1. The summed E-state index contributed by atoms with van der Waals surface area (Å²) in [6.45, 7) is 23.6. The van der Waals surface area contributed by atoms with Crippen LogP contribution in [0.5, 0.6) is 0 Å². The van der Waals surface area contributed by atoms with E-state index in [0.29, 0.717) is 0 Å². The van der Waals surface area contributed by atoms with E-state index in [1.54, 1.807) is 103 Å². The third kappa shape index (κ3) is 23.6. The van der Waals surface area contributed by atoms with Gasteiger partial charge in [-0.15, -0.1) is 113 Å². The van der Waals surface area contributed by atoms with E-state index in [0.717, 1.165) is 0 Å². The van der Waals surface area contributed by atoms with Gasteiger partial charge in [-0.3, -0.25) is 0 Å². The highest BCUT2D eigenvalue weighted by Crippen LogP contribution is 2.51. The lowest BCUT2D eigenvalue weighted by Crippen LogP contribution is -1.97. The molecule has 0 saturated heterocycles. The van der Waals surface area contributed by atoms with Gasteiger partial charge in [0, 0.05) is 140 Å². The van der Waals surface area contributed by atoms with Crippen LogP contribution >= 0.6 is 113 Å². The van der Waals surface area contributed by atoms with Crippen LogP contribution in [-0.4, -0.2) is 0 Å². The first-order valence-electron chi connectivity index (χ1n) is 51.8. The molecule has 0 bridgehead atoms. The Labute approximate surface area is 811 Å². The third-order valence-corrected chi connectivity index (χ3v) is 39.0. The minimum atomic E-state index is 1.17. The maximum Gasteiger partial charge on any atom is 0.0390 e. The van der Waals surface area contributed by atoms with Gasteiger partial charge in [-0.25, -0.2) is 0 Å². The molecule has 0 aliphatic carbocycles. The maximum atomic E-state index is 2.62. The summed E-state index contributed by atoms with van der Waals surface area (Å²) in [6, 6.07) is 25.7. The summed E-state index contributed by atoms with van der Waals surface area (Å²) < 4.78 is 15.6. The van der Waals surface area contributed by atoms with Crippen LogP contribution in [0.25, 0.3) is 149 Å². The highest BCUT2D eigenvalue weighted by molar-refractivity contribution is 7.25. The number of hydrogen-bond donors (Lipinski definition) is 0. The molecular formula is C118H150S10. The van der Waals surface area contributed by atoms with Gasteiger partial charge in [-0.2, -0.15) is 0 Å². The van der Waals surface area contributed by atoms with E-state index in [1.165, 1.54) is 414 Å². The maximum absolute atomic E-state index is 2.62. The Hall–Kier alpha value is -5.34. The predicted molar refractivity (Wildman–Crippen MR) is 600 cm³/mol. The Bertz CT molecular complexity index is 5820. The molecule has 0 fully saturated rings. The second-order valence-electron chi connectivity index (χ2n) is 37.7. The molecule has 682 valence electrons. The zero-order valence-corrected chi connectivity index (χ0v) is 88.1. The minimum absolute atomic E-state index is 1.17. The smallest absolute Gasteiger partial charge is 0.0390 e. The standard InChI is InChI=1S/C118H150S10/c1-11-21-31-41-51-89-91(53-43-33-23-13-3)111-101(99-69-71-119-109(89)99)73-81(121-111)61-63-83-75-103-105-77-85(125-115(105)95(57-47-37-27-17-7)93(113(103)123-83)55-45-35-25-15-5)65-67-87-79-107-108-80-88(128-118(108)98(60-50-40-30-20-10)97(117(107)127-87)59-49-39-29-19-9)68-66-86-78-106-104-76-84(124-114(104)94(56-46-36-26-16-6)96(116(106)126-86)58-48-38-28-18-8)64-62-82-74-102-100-70-72-120-110(100)90(52-42-32-22-12-2)92(112(102)122-82)54-44-34-24-14-4/h61-80H,11-60H2,1-10H3/b63-61+,64-62+,67-65+,68-66+. The molecule has 0 spiro atoms. The van der Waals surface area contributed by atoms with Crippen molar-refractivity contribution >= 4 is 263 Å². The molecule has 10 heteroatoms. The highest BCUT2D eigenvalue weighted by Gasteiger charge is 2.26. The Kier molecular flexibility index (Phi) is 37.8. The first-order chi connectivity index (χ1) is 63.1. The first kappa shape index (κ1) is 97.2. The van der Waals surface area contributed by atoms with Crippen molar-refractivity contribution in [1.82, 2.24) is 0 Å². The van der Waals surface area contributed by atoms with Crippen molar-refractivity contribution in [3.05, 3.63) is 166 Å². The van der Waals surface area contributed by atoms with Crippen LogP contribution in [0.3, 0.4) is 0 Å². The Morgan fingerprint density at radius 3 is 0.430 bits per heavy atom. The predicted octanol–water partition coefficient (Wildman–Crippen LogP) is 43.7. The molecule has 0 amide bonds. The molecule has 0 N–H and O–H groups in total. The molecule has 128 heavy (non-hydrogen) atoms. The van der Waals surface area contributed by atoms with E-state index >= 15 is 0 Å². The number of unbranched alkanes of at least 4 members (excludes halogenated alkanes) is 30. The Balaban J connectivity index is 0.795. The average Bonchev–Trinajstić information content (AvgIpc) is 1.58. The van der Waals surface area contributed by atoms with Crippen molar-refractivity contribution in [1.29, 1.82) is 0 Å². The lowest BCUT2D eigenvalue weighted by atomic mass is 9.93. The van der Waals surface area contributed by atoms with Gasteiger partial charge in [0.15, 0.2) is 0 Å². The van der Waals surface area contributed by atoms with Crippen molar-refractivity contribution in [2.75, 3.05) is 0 Å². The van der Waals surface area contributed by atoms with Crippen molar-refractivity contribution in [2.24, 2.45) is 0 Å². The van der Waals surface area contributed by atoms with E-state index in [9.17, 15) is 0 Å². The first-order valence-corrected chi connectivity index (χ1v) is 60.0. The molecule has 15 rings (SSSR count). The van der Waals surface area contributed by atoms with Crippen molar-refractivity contribution in [3.63, 3.8) is 0 Å². The molecule has 0 aliphatic heterocycles. The molecular weight excluding hydrogens is 1740 g/mol. The normalized spacial score (nSPS) is 12.6. The van der Waals surface area contributed by atoms with Crippen molar-refractivity contribution < 1.29 is 0 Å². The van der Waals surface area contributed by atoms with Crippen LogP contribution in [0, 0.1) is 0 Å². The van der Waals surface area contributed by atoms with Crippen molar-refractivity contribution in [3.8, 4) is 0 Å². The van der Waals surface area contributed by atoms with Crippen LogP contribution in [0.1, 0.15) is 421 Å². The minimum Gasteiger partial charge on any atom is -0.143 e. The second-order valence-corrected chi connectivity index (χ2v) is 48.2. The van der Waals surface area contributed by atoms with E-state index in [-0.39, 0.29) is 0 Å². The van der Waals surface area contributed by atoms with Gasteiger partial charge in [-0.1, -0.05) is 262 Å². The van der Waals surface area contributed by atoms with Crippen LogP contribution in [-0.2, 0) is 64.2 Å². The van der Waals surface area contributed by atoms with Gasteiger partial charge < -0.3 is 0 Å². The van der Waals surface area contributed by atoms with E-state index < -0.39 is 0 Å². The van der Waals surface area contributed by atoms with Gasteiger partial charge in [0.2, 0.25) is 0 Å². The van der Waals surface area contributed by atoms with Gasteiger partial charge in [-0.05, 0) is 304 Å². The zero-order valence-electron chi connectivity index (χ0n) is 80.0. The Morgan fingerprint density at radius 2 is 0.289 bits per heavy atom. The van der Waals surface area contributed by atoms with Crippen LogP contribution < -0.4 is 0 Å². The Morgan fingerprint density at radius 1 is 0.156 bits per heavy atom. The van der Waals surface area contributed by atoms with Gasteiger partial charge in [0.1, 0.15) is 0 Å². The number of thiophene rings is 10. The molecule has 0 saturated carbocycles. The lowest BCUT2D eigenvalue weighted by Gasteiger charge is -2.13. The van der Waals surface area contributed by atoms with Crippen LogP contribution in [0.4, 0.5) is 0 Å². The molecule has 5 aromatic carbocycles. The molecule has 0 nitrogen and oxygen atoms in total. The summed E-state index contributed by atoms with van der Waals surface area (Å²) in [5.74, 6) is 0. The monoisotopic (exact) mass is 1890 g/mol. The van der Waals surface area contributed by atoms with Crippen molar-refractivity contribution in [2.45, 2.75) is 390 Å². The summed E-state index contributed by atoms with van der Waals surface area (Å²) in [5, 5.41) is 19.6. The summed E-state index contributed by atoms with van der Waals surface area (Å²) in [7, 11) is 0. The van der Waals surface area contributed by atoms with Crippen LogP contribution in [0.2, 0.25) is 0 Å². The average molecular weight is 1890 g/mol. The van der Waals surface area contributed by atoms with E-state index in [4.69, 9.17) is 0 Å². The number of fused-ring (bicyclic) bond motifs is 15. The second kappa shape index (κ2) is 49.8. The summed E-state index contributed by atoms with van der Waals surface area (Å²) in [5.41, 5.74) is 16.6. The topological polar surface area (TPSA) is 0 Å². The molecule has 0 aliphatic rings. The van der Waals surface area contributed by atoms with E-state index in [2.05, 4.69) is 280 Å². The van der Waals surface area contributed by atoms with Gasteiger partial charge >= 0.3 is 0 Å². The quantitative estimate of drug-likeness (QED) is 0.0333.